The summed E-state index contributed by atoms with van der Waals surface area (Å²) in [5.74, 6) is 1.72. The van der Waals surface area contributed by atoms with E-state index in [1.54, 1.807) is 12.3 Å². The predicted molar refractivity (Wildman–Crippen MR) is 160 cm³/mol. The van der Waals surface area contributed by atoms with Crippen molar-refractivity contribution in [1.29, 1.82) is 0 Å². The van der Waals surface area contributed by atoms with Crippen LogP contribution in [0.3, 0.4) is 0 Å². The zero-order valence-corrected chi connectivity index (χ0v) is 22.0. The molecule has 196 valence electrons. The molecule has 0 atom stereocenters. The summed E-state index contributed by atoms with van der Waals surface area (Å²) < 4.78 is 13.5. The van der Waals surface area contributed by atoms with Gasteiger partial charge in [-0.05, 0) is 59.2 Å². The Morgan fingerprint density at radius 2 is 1.52 bits per heavy atom. The molecule has 0 N–H and O–H groups in total. The summed E-state index contributed by atoms with van der Waals surface area (Å²) in [6.07, 6.45) is 1.64. The molecule has 6 rings (SSSR count). The van der Waals surface area contributed by atoms with Gasteiger partial charge < -0.3 is 9.47 Å². The molecule has 0 saturated carbocycles. The van der Waals surface area contributed by atoms with Crippen molar-refractivity contribution < 1.29 is 9.47 Å². The van der Waals surface area contributed by atoms with Gasteiger partial charge in [-0.2, -0.15) is 9.78 Å². The Labute approximate surface area is 231 Å². The molecule has 40 heavy (non-hydrogen) atoms. The van der Waals surface area contributed by atoms with E-state index in [9.17, 15) is 4.79 Å². The maximum Gasteiger partial charge on any atom is 0.282 e. The van der Waals surface area contributed by atoms with Gasteiger partial charge in [0.15, 0.2) is 17.3 Å². The van der Waals surface area contributed by atoms with Gasteiger partial charge in [0.2, 0.25) is 0 Å². The average Bonchev–Trinajstić information content (AvgIpc) is 3.00. The lowest BCUT2D eigenvalue weighted by molar-refractivity contribution is 0.270. The molecule has 1 aromatic heterocycles. The van der Waals surface area contributed by atoms with Crippen LogP contribution in [0.2, 0.25) is 0 Å². The van der Waals surface area contributed by atoms with Gasteiger partial charge in [-0.3, -0.25) is 4.79 Å². The molecule has 0 radical (unpaired) electrons. The van der Waals surface area contributed by atoms with Crippen LogP contribution in [0.1, 0.15) is 18.1 Å². The number of para-hydroxylation sites is 1. The molecule has 0 saturated heterocycles. The van der Waals surface area contributed by atoms with Crippen LogP contribution >= 0.6 is 0 Å². The van der Waals surface area contributed by atoms with Crippen molar-refractivity contribution in [3.05, 3.63) is 137 Å². The Hall–Kier alpha value is -5.23. The molecule has 0 unspecified atom stereocenters. The summed E-state index contributed by atoms with van der Waals surface area (Å²) in [5, 5.41) is 7.42. The SMILES string of the molecule is CCOc1cc(C=Nn2c(-c3ccccc3)nc3ccccc3c2=O)ccc1OCc1cccc2ccccc12. The van der Waals surface area contributed by atoms with Crippen LogP contribution in [0.5, 0.6) is 11.5 Å². The number of fused-ring (bicyclic) bond motifs is 2. The van der Waals surface area contributed by atoms with E-state index in [0.29, 0.717) is 41.4 Å². The third-order valence-electron chi connectivity index (χ3n) is 6.64. The van der Waals surface area contributed by atoms with Crippen molar-refractivity contribution in [2.75, 3.05) is 6.61 Å². The maximum absolute atomic E-state index is 13.4. The molecule has 0 fully saturated rings. The fraction of sp³-hybridized carbons (Fsp3) is 0.0882. The first-order valence-corrected chi connectivity index (χ1v) is 13.2. The van der Waals surface area contributed by atoms with Crippen LogP contribution in [0.4, 0.5) is 0 Å². The normalized spacial score (nSPS) is 11.3. The van der Waals surface area contributed by atoms with Crippen LogP contribution in [0.15, 0.2) is 125 Å². The Morgan fingerprint density at radius 1 is 0.775 bits per heavy atom. The van der Waals surface area contributed by atoms with E-state index in [2.05, 4.69) is 29.4 Å². The number of benzene rings is 5. The van der Waals surface area contributed by atoms with Gasteiger partial charge in [-0.25, -0.2) is 4.98 Å². The van der Waals surface area contributed by atoms with Gasteiger partial charge in [0.25, 0.3) is 5.56 Å². The predicted octanol–water partition coefficient (Wildman–Crippen LogP) is 7.08. The average molecular weight is 526 g/mol. The minimum Gasteiger partial charge on any atom is -0.490 e. The van der Waals surface area contributed by atoms with E-state index in [0.717, 1.165) is 22.1 Å². The summed E-state index contributed by atoms with van der Waals surface area (Å²) in [5.41, 5.74) is 3.06. The highest BCUT2D eigenvalue weighted by Crippen LogP contribution is 2.30. The van der Waals surface area contributed by atoms with Crippen LogP contribution in [0.25, 0.3) is 33.1 Å². The van der Waals surface area contributed by atoms with Crippen molar-refractivity contribution in [2.24, 2.45) is 5.10 Å². The third kappa shape index (κ3) is 5.07. The van der Waals surface area contributed by atoms with E-state index in [4.69, 9.17) is 14.5 Å². The highest BCUT2D eigenvalue weighted by molar-refractivity contribution is 5.86. The summed E-state index contributed by atoms with van der Waals surface area (Å²) in [7, 11) is 0. The van der Waals surface area contributed by atoms with Gasteiger partial charge in [-0.15, -0.1) is 0 Å². The maximum atomic E-state index is 13.4. The van der Waals surface area contributed by atoms with Gasteiger partial charge in [0, 0.05) is 5.56 Å². The molecule has 6 nitrogen and oxygen atoms in total. The molecule has 0 aliphatic rings. The molecule has 1 heterocycles. The molecule has 0 bridgehead atoms. The first-order chi connectivity index (χ1) is 19.7. The summed E-state index contributed by atoms with van der Waals surface area (Å²) in [6.45, 7) is 2.83. The minimum absolute atomic E-state index is 0.235. The van der Waals surface area contributed by atoms with Crippen molar-refractivity contribution in [2.45, 2.75) is 13.5 Å². The molecule has 0 amide bonds. The smallest absolute Gasteiger partial charge is 0.282 e. The minimum atomic E-state index is -0.235. The van der Waals surface area contributed by atoms with Crippen molar-refractivity contribution in [3.63, 3.8) is 0 Å². The van der Waals surface area contributed by atoms with Gasteiger partial charge in [0.05, 0.1) is 23.7 Å². The number of aromatic nitrogens is 2. The van der Waals surface area contributed by atoms with E-state index >= 15 is 0 Å². The van der Waals surface area contributed by atoms with Gasteiger partial charge >= 0.3 is 0 Å². The standard InChI is InChI=1S/C34H27N3O3/c1-2-39-32-21-24(19-20-31(32)40-23-27-15-10-14-25-11-6-7-16-28(25)27)22-35-37-33(26-12-4-3-5-13-26)36-30-18-9-8-17-29(30)34(37)38/h3-22H,2,23H2,1H3. The number of hydrogen-bond acceptors (Lipinski definition) is 5. The topological polar surface area (TPSA) is 65.7 Å². The molecular weight excluding hydrogens is 498 g/mol. The van der Waals surface area contributed by atoms with E-state index in [1.807, 2.05) is 91.9 Å². The van der Waals surface area contributed by atoms with Crippen molar-refractivity contribution in [1.82, 2.24) is 9.66 Å². The van der Waals surface area contributed by atoms with Crippen LogP contribution < -0.4 is 15.0 Å². The Balaban J connectivity index is 1.33. The lowest BCUT2D eigenvalue weighted by Gasteiger charge is -2.14. The fourth-order valence-electron chi connectivity index (χ4n) is 4.70. The largest absolute Gasteiger partial charge is 0.490 e. The number of rotatable bonds is 8. The first-order valence-electron chi connectivity index (χ1n) is 13.2. The van der Waals surface area contributed by atoms with Crippen molar-refractivity contribution >= 4 is 27.9 Å². The van der Waals surface area contributed by atoms with Crippen molar-refractivity contribution in [3.8, 4) is 22.9 Å². The second-order valence-electron chi connectivity index (χ2n) is 9.25. The zero-order chi connectivity index (χ0) is 27.3. The van der Waals surface area contributed by atoms with E-state index < -0.39 is 0 Å². The molecule has 0 spiro atoms. The van der Waals surface area contributed by atoms with Crippen LogP contribution in [-0.4, -0.2) is 22.5 Å². The molecule has 5 aromatic carbocycles. The summed E-state index contributed by atoms with van der Waals surface area (Å²) in [4.78, 5) is 18.2. The van der Waals surface area contributed by atoms with Crippen LogP contribution in [-0.2, 0) is 6.61 Å². The van der Waals surface area contributed by atoms with Gasteiger partial charge in [0.1, 0.15) is 6.61 Å². The highest BCUT2D eigenvalue weighted by atomic mass is 16.5. The fourth-order valence-corrected chi connectivity index (χ4v) is 4.70. The Morgan fingerprint density at radius 3 is 2.38 bits per heavy atom. The third-order valence-corrected chi connectivity index (χ3v) is 6.64. The number of hydrogen-bond donors (Lipinski definition) is 0. The summed E-state index contributed by atoms with van der Waals surface area (Å²) >= 11 is 0. The molecule has 6 heteroatoms. The Bertz CT molecular complexity index is 1890. The second kappa shape index (κ2) is 11.3. The highest BCUT2D eigenvalue weighted by Gasteiger charge is 2.13. The van der Waals surface area contributed by atoms with Crippen LogP contribution in [0, 0.1) is 0 Å². The van der Waals surface area contributed by atoms with E-state index in [1.165, 1.54) is 10.1 Å². The second-order valence-corrected chi connectivity index (χ2v) is 9.25. The van der Waals surface area contributed by atoms with E-state index in [-0.39, 0.29) is 5.56 Å². The lowest BCUT2D eigenvalue weighted by atomic mass is 10.1. The molecule has 6 aromatic rings. The zero-order valence-electron chi connectivity index (χ0n) is 22.0. The Kier molecular flexibility index (Phi) is 7.05. The lowest BCUT2D eigenvalue weighted by Crippen LogP contribution is -2.20. The first kappa shape index (κ1) is 25.1. The quantitative estimate of drug-likeness (QED) is 0.199. The molecular formula is C34H27N3O3. The van der Waals surface area contributed by atoms with Gasteiger partial charge in [-0.1, -0.05) is 84.9 Å². The molecule has 0 aliphatic carbocycles. The molecule has 0 aliphatic heterocycles. The summed E-state index contributed by atoms with van der Waals surface area (Å²) in [6, 6.07) is 37.0. The number of nitrogens with zero attached hydrogens (tertiary/aromatic N) is 3. The monoisotopic (exact) mass is 525 g/mol. The number of ether oxygens (including phenoxy) is 2.